The lowest BCUT2D eigenvalue weighted by Gasteiger charge is -2.46. The first-order valence-corrected chi connectivity index (χ1v) is 16.3. The van der Waals surface area contributed by atoms with E-state index in [1.54, 1.807) is 0 Å². The smallest absolute Gasteiger partial charge is 0.145 e. The highest BCUT2D eigenvalue weighted by Gasteiger charge is 2.45. The molecule has 0 spiro atoms. The largest absolute Gasteiger partial charge is 0.390 e. The van der Waals surface area contributed by atoms with Gasteiger partial charge >= 0.3 is 0 Å². The number of nitrogens with zero attached hydrogens (tertiary/aromatic N) is 5. The summed E-state index contributed by atoms with van der Waals surface area (Å²) in [6.07, 6.45) is 11.0. The van der Waals surface area contributed by atoms with Crippen molar-refractivity contribution in [2.75, 3.05) is 18.8 Å². The number of H-pyrrole nitrogens is 1. The van der Waals surface area contributed by atoms with Gasteiger partial charge in [0.05, 0.1) is 28.6 Å². The number of nitrogens with two attached hydrogens (primary N) is 1. The number of aromatic amines is 1. The molecular weight excluding hydrogens is 538 g/mol. The number of hydrogen-bond donors (Lipinski definition) is 4. The Morgan fingerprint density at radius 2 is 1.84 bits per heavy atom. The van der Waals surface area contributed by atoms with E-state index in [2.05, 4.69) is 58.8 Å². The lowest BCUT2D eigenvalue weighted by atomic mass is 9.75. The number of imidazole rings is 1. The van der Waals surface area contributed by atoms with Crippen molar-refractivity contribution in [1.29, 1.82) is 0 Å². The van der Waals surface area contributed by atoms with Gasteiger partial charge in [-0.05, 0) is 79.5 Å². The molecule has 4 atom stereocenters. The topological polar surface area (TPSA) is 129 Å². The van der Waals surface area contributed by atoms with Crippen LogP contribution in [0.3, 0.4) is 0 Å². The van der Waals surface area contributed by atoms with Gasteiger partial charge in [-0.15, -0.1) is 0 Å². The molecule has 3 aliphatic rings. The van der Waals surface area contributed by atoms with Gasteiger partial charge in [0.25, 0.3) is 0 Å². The van der Waals surface area contributed by atoms with E-state index in [1.165, 1.54) is 44.0 Å². The summed E-state index contributed by atoms with van der Waals surface area (Å²) in [4.78, 5) is 19.7. The van der Waals surface area contributed by atoms with E-state index < -0.39 is 12.2 Å². The zero-order valence-electron chi connectivity index (χ0n) is 25.8. The number of nitrogens with one attached hydrogen (secondary N) is 1. The molecule has 1 aromatic carbocycles. The molecule has 0 radical (unpaired) electrons. The third kappa shape index (κ3) is 5.56. The second kappa shape index (κ2) is 11.2. The van der Waals surface area contributed by atoms with E-state index >= 15 is 0 Å². The molecule has 3 fully saturated rings. The summed E-state index contributed by atoms with van der Waals surface area (Å²) in [6, 6.07) is 8.85. The number of anilines is 1. The lowest BCUT2D eigenvalue weighted by molar-refractivity contribution is -0.0169. The summed E-state index contributed by atoms with van der Waals surface area (Å²) < 4.78 is 1.99. The van der Waals surface area contributed by atoms with Gasteiger partial charge in [0.2, 0.25) is 0 Å². The molecule has 43 heavy (non-hydrogen) atoms. The first kappa shape index (κ1) is 28.7. The summed E-state index contributed by atoms with van der Waals surface area (Å²) in [6.45, 7) is 8.67. The first-order valence-electron chi connectivity index (χ1n) is 16.3. The van der Waals surface area contributed by atoms with Gasteiger partial charge in [-0.25, -0.2) is 15.0 Å². The van der Waals surface area contributed by atoms with Crippen LogP contribution in [-0.4, -0.2) is 71.0 Å². The quantitative estimate of drug-likeness (QED) is 0.218. The molecular formula is C34H47N7O2. The first-order chi connectivity index (χ1) is 20.6. The molecule has 3 saturated carbocycles. The molecule has 230 valence electrons. The Labute approximate surface area is 253 Å². The van der Waals surface area contributed by atoms with Crippen LogP contribution >= 0.6 is 0 Å². The molecule has 7 rings (SSSR count). The average molecular weight is 586 g/mol. The summed E-state index contributed by atoms with van der Waals surface area (Å²) in [5.74, 6) is 3.02. The minimum Gasteiger partial charge on any atom is -0.390 e. The Morgan fingerprint density at radius 1 is 1.02 bits per heavy atom. The van der Waals surface area contributed by atoms with Gasteiger partial charge in [0, 0.05) is 37.7 Å². The van der Waals surface area contributed by atoms with E-state index in [0.717, 1.165) is 66.2 Å². The maximum Gasteiger partial charge on any atom is 0.145 e. The van der Waals surface area contributed by atoms with Crippen LogP contribution in [0.2, 0.25) is 0 Å². The fourth-order valence-corrected chi connectivity index (χ4v) is 7.71. The van der Waals surface area contributed by atoms with E-state index in [-0.39, 0.29) is 17.4 Å². The normalized spacial score (nSPS) is 28.1. The highest BCUT2D eigenvalue weighted by atomic mass is 16.3. The number of aromatic nitrogens is 5. The van der Waals surface area contributed by atoms with Crippen LogP contribution in [0.4, 0.5) is 5.82 Å². The fraction of sp³-hybridized carbons (Fsp3) is 0.618. The molecule has 5 N–H and O–H groups in total. The molecule has 9 nitrogen and oxygen atoms in total. The Kier molecular flexibility index (Phi) is 7.46. The molecule has 0 bridgehead atoms. The van der Waals surface area contributed by atoms with Crippen molar-refractivity contribution < 1.29 is 10.2 Å². The predicted octanol–water partition coefficient (Wildman–Crippen LogP) is 4.98. The Morgan fingerprint density at radius 3 is 2.58 bits per heavy atom. The maximum atomic E-state index is 11.2. The highest BCUT2D eigenvalue weighted by molar-refractivity contribution is 5.86. The number of aryl methyl sites for hydroxylation is 1. The number of aliphatic hydroxyl groups excluding tert-OH is 2. The molecule has 0 unspecified atom stereocenters. The zero-order chi connectivity index (χ0) is 29.9. The van der Waals surface area contributed by atoms with Crippen molar-refractivity contribution in [2.24, 2.45) is 17.8 Å². The molecule has 9 heteroatoms. The molecule has 0 aliphatic heterocycles. The van der Waals surface area contributed by atoms with Crippen LogP contribution < -0.4 is 5.73 Å². The molecule has 4 aromatic rings. The van der Waals surface area contributed by atoms with Crippen LogP contribution in [0, 0.1) is 17.8 Å². The summed E-state index contributed by atoms with van der Waals surface area (Å²) in [7, 11) is 0. The Hall–Kier alpha value is -3.01. The van der Waals surface area contributed by atoms with Gasteiger partial charge < -0.3 is 25.5 Å². The standard InChI is InChI=1S/C34H47N7O2/c1-34(2,3)23-8-9-26-27(16-23)39-29(38-26)10-7-21-13-24(14-21)40(17-20-5-4-6-20)18-22-15-28(31(43)30(22)42)41-12-11-25-32(35)36-19-37-33(25)41/h8-9,11-12,16,19-22,24,28,30-31,42-43H,4-7,10,13-15,17-18H2,1-3H3,(H,38,39)(H2,35,36,37)/t21-,22-,24+,28-,30-,31+/m1/s1. The fourth-order valence-electron chi connectivity index (χ4n) is 7.71. The molecule has 0 amide bonds. The van der Waals surface area contributed by atoms with E-state index in [1.807, 2.05) is 16.8 Å². The van der Waals surface area contributed by atoms with Gasteiger partial charge in [-0.3, -0.25) is 4.90 Å². The Bertz CT molecular complexity index is 1580. The van der Waals surface area contributed by atoms with Crippen molar-refractivity contribution in [3.8, 4) is 0 Å². The van der Waals surface area contributed by atoms with Crippen molar-refractivity contribution >= 4 is 27.9 Å². The number of nitrogen functional groups attached to an aromatic ring is 1. The van der Waals surface area contributed by atoms with E-state index in [9.17, 15) is 10.2 Å². The second-order valence-corrected chi connectivity index (χ2v) is 14.7. The number of rotatable bonds is 9. The molecule has 3 heterocycles. The second-order valence-electron chi connectivity index (χ2n) is 14.7. The maximum absolute atomic E-state index is 11.2. The van der Waals surface area contributed by atoms with E-state index in [4.69, 9.17) is 10.7 Å². The minimum atomic E-state index is -0.834. The molecule has 0 saturated heterocycles. The van der Waals surface area contributed by atoms with Gasteiger partial charge in [-0.1, -0.05) is 33.3 Å². The summed E-state index contributed by atoms with van der Waals surface area (Å²) in [5.41, 5.74) is 10.4. The Balaban J connectivity index is 0.980. The van der Waals surface area contributed by atoms with Crippen LogP contribution in [0.25, 0.3) is 22.1 Å². The third-order valence-corrected chi connectivity index (χ3v) is 10.8. The predicted molar refractivity (Wildman–Crippen MR) is 170 cm³/mol. The van der Waals surface area contributed by atoms with Gasteiger partial charge in [-0.2, -0.15) is 0 Å². The van der Waals surface area contributed by atoms with Crippen molar-refractivity contribution in [3.63, 3.8) is 0 Å². The van der Waals surface area contributed by atoms with Crippen molar-refractivity contribution in [3.05, 3.63) is 48.2 Å². The minimum absolute atomic E-state index is 0.0179. The molecule has 3 aromatic heterocycles. The number of aliphatic hydroxyl groups is 2. The van der Waals surface area contributed by atoms with Gasteiger partial charge in [0.1, 0.15) is 29.7 Å². The zero-order valence-corrected chi connectivity index (χ0v) is 25.8. The van der Waals surface area contributed by atoms with Crippen LogP contribution in [0.5, 0.6) is 0 Å². The van der Waals surface area contributed by atoms with Crippen LogP contribution in [0.1, 0.15) is 83.1 Å². The third-order valence-electron chi connectivity index (χ3n) is 10.8. The monoisotopic (exact) mass is 585 g/mol. The van der Waals surface area contributed by atoms with Crippen molar-refractivity contribution in [1.82, 2.24) is 29.4 Å². The summed E-state index contributed by atoms with van der Waals surface area (Å²) in [5, 5.41) is 23.1. The lowest BCUT2D eigenvalue weighted by Crippen LogP contribution is -2.50. The van der Waals surface area contributed by atoms with Gasteiger partial charge in [0.15, 0.2) is 0 Å². The van der Waals surface area contributed by atoms with E-state index in [0.29, 0.717) is 17.8 Å². The van der Waals surface area contributed by atoms with Crippen molar-refractivity contribution in [2.45, 2.75) is 102 Å². The molecule has 3 aliphatic carbocycles. The number of fused-ring (bicyclic) bond motifs is 2. The van der Waals surface area contributed by atoms with Crippen LogP contribution in [0.15, 0.2) is 36.8 Å². The SMILES string of the molecule is CC(C)(C)c1ccc2[nH]c(CC[C@H]3C[C@@H](N(CC4CCC4)C[C@H]4C[C@@H](n5ccc6c(N)ncnc65)[C@H](O)[C@@H]4O)C3)nc2c1. The number of benzene rings is 1. The summed E-state index contributed by atoms with van der Waals surface area (Å²) >= 11 is 0. The number of hydrogen-bond acceptors (Lipinski definition) is 7. The van der Waals surface area contributed by atoms with Crippen LogP contribution in [-0.2, 0) is 11.8 Å². The highest BCUT2D eigenvalue weighted by Crippen LogP contribution is 2.42. The average Bonchev–Trinajstić information content (AvgIpc) is 3.61.